The summed E-state index contributed by atoms with van der Waals surface area (Å²) in [5, 5.41) is 0. The Kier molecular flexibility index (Phi) is 5.69. The molecule has 1 aliphatic rings. The summed E-state index contributed by atoms with van der Waals surface area (Å²) in [6, 6.07) is 27.3. The van der Waals surface area contributed by atoms with E-state index < -0.39 is 0 Å². The summed E-state index contributed by atoms with van der Waals surface area (Å²) in [6.07, 6.45) is 3.28. The molecule has 3 aromatic rings. The van der Waals surface area contributed by atoms with Crippen molar-refractivity contribution in [2.45, 2.75) is 58.3 Å². The molecular weight excluding hydrogens is 360 g/mol. The highest BCUT2D eigenvalue weighted by atomic mass is 14.4. The third-order valence-corrected chi connectivity index (χ3v) is 6.73. The molecule has 0 N–H and O–H groups in total. The predicted octanol–water partition coefficient (Wildman–Crippen LogP) is 7.79. The van der Waals surface area contributed by atoms with Crippen molar-refractivity contribution in [3.05, 3.63) is 118 Å². The minimum absolute atomic E-state index is 0.178. The number of allylic oxidation sites excluding steroid dienone is 1. The molecule has 0 amide bonds. The molecule has 2 atom stereocenters. The smallest absolute Gasteiger partial charge is 0.0158 e. The minimum atomic E-state index is 0.178. The Morgan fingerprint density at radius 3 is 2.23 bits per heavy atom. The number of aryl methyl sites for hydroxylation is 2. The van der Waals surface area contributed by atoms with Crippen LogP contribution >= 0.6 is 0 Å². The van der Waals surface area contributed by atoms with Gasteiger partial charge in [0.2, 0.25) is 0 Å². The highest BCUT2D eigenvalue weighted by Gasteiger charge is 2.32. The van der Waals surface area contributed by atoms with Crippen LogP contribution in [0.3, 0.4) is 0 Å². The van der Waals surface area contributed by atoms with E-state index in [1.807, 2.05) is 0 Å². The Morgan fingerprint density at radius 2 is 1.57 bits per heavy atom. The van der Waals surface area contributed by atoms with Gasteiger partial charge in [-0.15, -0.1) is 0 Å². The van der Waals surface area contributed by atoms with Gasteiger partial charge in [-0.3, -0.25) is 0 Å². The second-order valence-electron chi connectivity index (χ2n) is 10.0. The number of benzene rings is 3. The van der Waals surface area contributed by atoms with Crippen molar-refractivity contribution in [2.75, 3.05) is 0 Å². The molecule has 30 heavy (non-hydrogen) atoms. The normalized spacial score (nSPS) is 18.7. The molecule has 0 aromatic heterocycles. The molecule has 2 unspecified atom stereocenters. The van der Waals surface area contributed by atoms with Crippen LogP contribution in [0.5, 0.6) is 0 Å². The molecule has 0 aliphatic heterocycles. The van der Waals surface area contributed by atoms with Crippen LogP contribution < -0.4 is 0 Å². The third-order valence-electron chi connectivity index (χ3n) is 6.73. The summed E-state index contributed by atoms with van der Waals surface area (Å²) in [7, 11) is 0. The Labute approximate surface area is 182 Å². The highest BCUT2D eigenvalue weighted by molar-refractivity contribution is 5.44. The van der Waals surface area contributed by atoms with Crippen LogP contribution in [-0.2, 0) is 18.3 Å². The van der Waals surface area contributed by atoms with Gasteiger partial charge in [-0.25, -0.2) is 0 Å². The summed E-state index contributed by atoms with van der Waals surface area (Å²) < 4.78 is 0. The first-order chi connectivity index (χ1) is 14.3. The van der Waals surface area contributed by atoms with Gasteiger partial charge in [-0.1, -0.05) is 111 Å². The molecule has 0 radical (unpaired) electrons. The summed E-state index contributed by atoms with van der Waals surface area (Å²) in [4.78, 5) is 0. The van der Waals surface area contributed by atoms with Gasteiger partial charge in [-0.2, -0.15) is 0 Å². The Morgan fingerprint density at radius 1 is 0.900 bits per heavy atom. The first-order valence-corrected chi connectivity index (χ1v) is 11.2. The second kappa shape index (κ2) is 8.26. The Hall–Kier alpha value is -2.60. The fourth-order valence-electron chi connectivity index (χ4n) is 4.90. The van der Waals surface area contributed by atoms with Crippen molar-refractivity contribution < 1.29 is 0 Å². The molecule has 0 heteroatoms. The molecule has 154 valence electrons. The summed E-state index contributed by atoms with van der Waals surface area (Å²) in [5.41, 5.74) is 10.0. The van der Waals surface area contributed by atoms with Crippen LogP contribution in [0.25, 0.3) is 0 Å². The van der Waals surface area contributed by atoms with Crippen molar-refractivity contribution in [2.24, 2.45) is 5.92 Å². The van der Waals surface area contributed by atoms with E-state index in [-0.39, 0.29) is 5.41 Å². The maximum atomic E-state index is 4.60. The number of rotatable bonds is 4. The number of fused-ring (bicyclic) bond motifs is 1. The van der Waals surface area contributed by atoms with Crippen LogP contribution in [0.4, 0.5) is 0 Å². The van der Waals surface area contributed by atoms with Gasteiger partial charge in [-0.05, 0) is 65.3 Å². The lowest BCUT2D eigenvalue weighted by Gasteiger charge is -2.36. The predicted molar refractivity (Wildman–Crippen MR) is 129 cm³/mol. The van der Waals surface area contributed by atoms with Gasteiger partial charge in [0, 0.05) is 5.92 Å². The van der Waals surface area contributed by atoms with E-state index in [1.54, 1.807) is 0 Å². The van der Waals surface area contributed by atoms with E-state index in [0.717, 1.165) is 12.8 Å². The van der Waals surface area contributed by atoms with E-state index in [1.165, 1.54) is 45.4 Å². The number of hydrogen-bond acceptors (Lipinski definition) is 0. The lowest BCUT2D eigenvalue weighted by atomic mass is 9.68. The third kappa shape index (κ3) is 4.29. The van der Waals surface area contributed by atoms with E-state index in [2.05, 4.69) is 107 Å². The van der Waals surface area contributed by atoms with E-state index in [0.29, 0.717) is 11.8 Å². The lowest BCUT2D eigenvalue weighted by molar-refractivity contribution is 0.462. The number of hydrogen-bond donors (Lipinski definition) is 0. The van der Waals surface area contributed by atoms with Crippen LogP contribution in [-0.4, -0.2) is 0 Å². The van der Waals surface area contributed by atoms with Gasteiger partial charge >= 0.3 is 0 Å². The van der Waals surface area contributed by atoms with Crippen molar-refractivity contribution in [1.82, 2.24) is 0 Å². The Bertz CT molecular complexity index is 1010. The fourth-order valence-corrected chi connectivity index (χ4v) is 4.90. The maximum absolute atomic E-state index is 4.60. The molecule has 0 saturated heterocycles. The van der Waals surface area contributed by atoms with Gasteiger partial charge in [0.15, 0.2) is 0 Å². The first-order valence-electron chi connectivity index (χ1n) is 11.2. The maximum Gasteiger partial charge on any atom is 0.0158 e. The molecule has 0 nitrogen and oxygen atoms in total. The molecule has 0 spiro atoms. The van der Waals surface area contributed by atoms with Crippen LogP contribution in [0.1, 0.15) is 66.5 Å². The average molecular weight is 395 g/mol. The van der Waals surface area contributed by atoms with Gasteiger partial charge < -0.3 is 0 Å². The summed E-state index contributed by atoms with van der Waals surface area (Å²) in [6.45, 7) is 13.6. The molecule has 0 fully saturated rings. The zero-order valence-corrected chi connectivity index (χ0v) is 18.9. The van der Waals surface area contributed by atoms with E-state index in [4.69, 9.17) is 0 Å². The van der Waals surface area contributed by atoms with Gasteiger partial charge in [0.25, 0.3) is 0 Å². The largest absolute Gasteiger partial charge is 0.0992 e. The molecule has 0 saturated carbocycles. The molecule has 1 aliphatic carbocycles. The zero-order chi connectivity index (χ0) is 21.3. The fraction of sp³-hybridized carbons (Fsp3) is 0.333. The van der Waals surface area contributed by atoms with Crippen molar-refractivity contribution in [1.29, 1.82) is 0 Å². The summed E-state index contributed by atoms with van der Waals surface area (Å²) >= 11 is 0. The zero-order valence-electron chi connectivity index (χ0n) is 18.9. The van der Waals surface area contributed by atoms with Crippen molar-refractivity contribution in [3.63, 3.8) is 0 Å². The van der Waals surface area contributed by atoms with Gasteiger partial charge in [0.1, 0.15) is 0 Å². The van der Waals surface area contributed by atoms with Crippen molar-refractivity contribution in [3.8, 4) is 0 Å². The quantitative estimate of drug-likeness (QED) is 0.396. The van der Waals surface area contributed by atoms with E-state index >= 15 is 0 Å². The molecule has 3 aromatic carbocycles. The molecular formula is C30H34. The standard InChI is InChI=1S/C30H34/c1-21-10-12-23(13-11-21)20-22(2)27-19-16-24-8-6-7-9-28(24)29(27)25-14-17-26(18-15-25)30(3,4)5/h6-15,17-18,27,29H,2,16,19-20H2,1,3-5H3. The molecule has 0 bridgehead atoms. The van der Waals surface area contributed by atoms with Gasteiger partial charge in [0.05, 0.1) is 0 Å². The second-order valence-corrected chi connectivity index (χ2v) is 10.0. The monoisotopic (exact) mass is 394 g/mol. The first kappa shape index (κ1) is 20.7. The Balaban J connectivity index is 1.68. The van der Waals surface area contributed by atoms with Crippen LogP contribution in [0.15, 0.2) is 84.9 Å². The molecule has 0 heterocycles. The van der Waals surface area contributed by atoms with Crippen LogP contribution in [0.2, 0.25) is 0 Å². The van der Waals surface area contributed by atoms with E-state index in [9.17, 15) is 0 Å². The average Bonchev–Trinajstić information content (AvgIpc) is 2.74. The van der Waals surface area contributed by atoms with Crippen molar-refractivity contribution >= 4 is 0 Å². The lowest BCUT2D eigenvalue weighted by Crippen LogP contribution is -2.24. The summed E-state index contributed by atoms with van der Waals surface area (Å²) in [5.74, 6) is 0.864. The SMILES string of the molecule is C=C(Cc1ccc(C)cc1)C1CCc2ccccc2C1c1ccc(C(C)(C)C)cc1. The minimum Gasteiger partial charge on any atom is -0.0992 e. The highest BCUT2D eigenvalue weighted by Crippen LogP contribution is 2.44. The topological polar surface area (TPSA) is 0 Å². The molecule has 4 rings (SSSR count). The van der Waals surface area contributed by atoms with Crippen LogP contribution in [0, 0.1) is 12.8 Å².